The minimum absolute atomic E-state index is 0.215. The maximum Gasteiger partial charge on any atom is 0.339 e. The molecule has 0 aliphatic rings. The Labute approximate surface area is 90.9 Å². The lowest BCUT2D eigenvalue weighted by atomic mass is 10.1. The molecule has 2 rings (SSSR count). The fourth-order valence-electron chi connectivity index (χ4n) is 1.53. The quantitative estimate of drug-likeness (QED) is 0.849. The largest absolute Gasteiger partial charge is 0.496 e. The van der Waals surface area contributed by atoms with Gasteiger partial charge in [0.05, 0.1) is 7.11 Å². The Bertz CT molecular complexity index is 528. The first-order valence-electron chi connectivity index (χ1n) is 4.43. The average Bonchev–Trinajstić information content (AvgIpc) is 2.54. The third kappa shape index (κ3) is 1.68. The van der Waals surface area contributed by atoms with Crippen LogP contribution in [0.3, 0.4) is 0 Å². The summed E-state index contributed by atoms with van der Waals surface area (Å²) in [6.07, 6.45) is 0. The Balaban J connectivity index is 2.73. The van der Waals surface area contributed by atoms with Gasteiger partial charge < -0.3 is 9.84 Å². The van der Waals surface area contributed by atoms with E-state index in [2.05, 4.69) is 0 Å². The van der Waals surface area contributed by atoms with Gasteiger partial charge >= 0.3 is 5.97 Å². The van der Waals surface area contributed by atoms with Crippen molar-refractivity contribution in [1.29, 1.82) is 0 Å². The van der Waals surface area contributed by atoms with Crippen LogP contribution < -0.4 is 4.74 Å². The number of hydrogen-bond acceptors (Lipinski definition) is 3. The molecule has 0 radical (unpaired) electrons. The fourth-order valence-corrected chi connectivity index (χ4v) is 2.48. The van der Waals surface area contributed by atoms with Gasteiger partial charge in [0.25, 0.3) is 0 Å². The molecule has 0 unspecified atom stereocenters. The highest BCUT2D eigenvalue weighted by atomic mass is 32.1. The first-order valence-corrected chi connectivity index (χ1v) is 5.25. The summed E-state index contributed by atoms with van der Waals surface area (Å²) >= 11 is 1.58. The topological polar surface area (TPSA) is 46.5 Å². The molecule has 1 heterocycles. The third-order valence-electron chi connectivity index (χ3n) is 2.19. The van der Waals surface area contributed by atoms with Crippen molar-refractivity contribution in [3.63, 3.8) is 0 Å². The van der Waals surface area contributed by atoms with Crippen molar-refractivity contribution in [2.45, 2.75) is 6.92 Å². The number of carboxylic acid groups (broad SMARTS) is 1. The van der Waals surface area contributed by atoms with Crippen LogP contribution in [0.5, 0.6) is 5.75 Å². The van der Waals surface area contributed by atoms with Crippen LogP contribution >= 0.6 is 11.3 Å². The second-order valence-electron chi connectivity index (χ2n) is 3.25. The predicted octanol–water partition coefficient (Wildman–Crippen LogP) is 2.92. The summed E-state index contributed by atoms with van der Waals surface area (Å²) in [5, 5.41) is 10.0. The molecule has 0 amide bonds. The number of aryl methyl sites for hydroxylation is 1. The van der Waals surface area contributed by atoms with E-state index in [0.29, 0.717) is 5.75 Å². The van der Waals surface area contributed by atoms with Crippen LogP contribution in [0.15, 0.2) is 18.2 Å². The monoisotopic (exact) mass is 222 g/mol. The molecule has 3 nitrogen and oxygen atoms in total. The van der Waals surface area contributed by atoms with E-state index in [1.807, 2.05) is 13.0 Å². The SMILES string of the molecule is COc1cc2cc(C)sc2cc1C(=O)O. The van der Waals surface area contributed by atoms with Gasteiger partial charge in [-0.25, -0.2) is 4.79 Å². The molecule has 78 valence electrons. The van der Waals surface area contributed by atoms with Crippen LogP contribution in [0, 0.1) is 6.92 Å². The van der Waals surface area contributed by atoms with Gasteiger partial charge in [-0.3, -0.25) is 0 Å². The minimum atomic E-state index is -0.959. The summed E-state index contributed by atoms with van der Waals surface area (Å²) in [4.78, 5) is 12.1. The van der Waals surface area contributed by atoms with Crippen LogP contribution in [0.2, 0.25) is 0 Å². The Kier molecular flexibility index (Phi) is 2.36. The third-order valence-corrected chi connectivity index (χ3v) is 3.21. The first kappa shape index (κ1) is 9.98. The molecular weight excluding hydrogens is 212 g/mol. The molecule has 1 N–H and O–H groups in total. The summed E-state index contributed by atoms with van der Waals surface area (Å²) in [6, 6.07) is 5.45. The number of benzene rings is 1. The van der Waals surface area contributed by atoms with Crippen molar-refractivity contribution < 1.29 is 14.6 Å². The summed E-state index contributed by atoms with van der Waals surface area (Å²) in [5.74, 6) is -0.549. The number of hydrogen-bond donors (Lipinski definition) is 1. The normalized spacial score (nSPS) is 10.5. The number of fused-ring (bicyclic) bond motifs is 1. The van der Waals surface area contributed by atoms with E-state index < -0.39 is 5.97 Å². The average molecular weight is 222 g/mol. The van der Waals surface area contributed by atoms with Gasteiger partial charge in [-0.2, -0.15) is 0 Å². The molecule has 0 saturated heterocycles. The molecule has 4 heteroatoms. The first-order chi connectivity index (χ1) is 7.11. The lowest BCUT2D eigenvalue weighted by molar-refractivity contribution is 0.0693. The number of thiophene rings is 1. The van der Waals surface area contributed by atoms with E-state index in [1.54, 1.807) is 23.5 Å². The summed E-state index contributed by atoms with van der Waals surface area (Å²) in [6.45, 7) is 2.00. The molecule has 0 aliphatic heterocycles. The number of carbonyl (C=O) groups is 1. The van der Waals surface area contributed by atoms with Crippen molar-refractivity contribution in [2.24, 2.45) is 0 Å². The molecule has 0 atom stereocenters. The van der Waals surface area contributed by atoms with Crippen molar-refractivity contribution in [3.8, 4) is 5.75 Å². The number of carboxylic acids is 1. The number of aromatic carboxylic acids is 1. The molecule has 0 saturated carbocycles. The minimum Gasteiger partial charge on any atom is -0.496 e. The molecule has 0 bridgehead atoms. The lowest BCUT2D eigenvalue weighted by Crippen LogP contribution is -1.99. The van der Waals surface area contributed by atoms with E-state index in [4.69, 9.17) is 9.84 Å². The highest BCUT2D eigenvalue weighted by molar-refractivity contribution is 7.19. The fraction of sp³-hybridized carbons (Fsp3) is 0.182. The van der Waals surface area contributed by atoms with Crippen LogP contribution in [-0.2, 0) is 0 Å². The second-order valence-corrected chi connectivity index (χ2v) is 4.54. The zero-order valence-corrected chi connectivity index (χ0v) is 9.22. The molecule has 1 aromatic carbocycles. The smallest absolute Gasteiger partial charge is 0.339 e. The van der Waals surface area contributed by atoms with Crippen LogP contribution in [-0.4, -0.2) is 18.2 Å². The summed E-state index contributed by atoms with van der Waals surface area (Å²) < 4.78 is 6.03. The Hall–Kier alpha value is -1.55. The molecular formula is C11H10O3S. The number of rotatable bonds is 2. The summed E-state index contributed by atoms with van der Waals surface area (Å²) in [5.41, 5.74) is 0.215. The van der Waals surface area contributed by atoms with Crippen molar-refractivity contribution in [2.75, 3.05) is 7.11 Å². The van der Waals surface area contributed by atoms with Gasteiger partial charge in [0.1, 0.15) is 11.3 Å². The van der Waals surface area contributed by atoms with Crippen LogP contribution in [0.25, 0.3) is 10.1 Å². The van der Waals surface area contributed by atoms with Crippen molar-refractivity contribution in [3.05, 3.63) is 28.6 Å². The highest BCUT2D eigenvalue weighted by Crippen LogP contribution is 2.31. The van der Waals surface area contributed by atoms with Crippen LogP contribution in [0.1, 0.15) is 15.2 Å². The van der Waals surface area contributed by atoms with E-state index in [-0.39, 0.29) is 5.56 Å². The number of methoxy groups -OCH3 is 1. The Morgan fingerprint density at radius 1 is 1.40 bits per heavy atom. The van der Waals surface area contributed by atoms with E-state index in [9.17, 15) is 4.79 Å². The highest BCUT2D eigenvalue weighted by Gasteiger charge is 2.13. The van der Waals surface area contributed by atoms with Crippen molar-refractivity contribution in [1.82, 2.24) is 0 Å². The molecule has 1 aromatic heterocycles. The van der Waals surface area contributed by atoms with Gasteiger partial charge in [0.15, 0.2) is 0 Å². The molecule has 0 fully saturated rings. The van der Waals surface area contributed by atoms with Crippen LogP contribution in [0.4, 0.5) is 0 Å². The molecule has 15 heavy (non-hydrogen) atoms. The standard InChI is InChI=1S/C11H10O3S/c1-6-3-7-4-9(14-2)8(11(12)13)5-10(7)15-6/h3-5H,1-2H3,(H,12,13). The van der Waals surface area contributed by atoms with E-state index in [0.717, 1.165) is 15.0 Å². The molecule has 0 aliphatic carbocycles. The summed E-state index contributed by atoms with van der Waals surface area (Å²) in [7, 11) is 1.48. The van der Waals surface area contributed by atoms with Gasteiger partial charge in [-0.05, 0) is 30.5 Å². The lowest BCUT2D eigenvalue weighted by Gasteiger charge is -2.04. The maximum absolute atomic E-state index is 11.0. The van der Waals surface area contributed by atoms with Gasteiger partial charge in [-0.1, -0.05) is 0 Å². The molecule has 2 aromatic rings. The van der Waals surface area contributed by atoms with Gasteiger partial charge in [0, 0.05) is 9.58 Å². The Morgan fingerprint density at radius 3 is 2.73 bits per heavy atom. The zero-order valence-electron chi connectivity index (χ0n) is 8.40. The molecule has 0 spiro atoms. The number of ether oxygens (including phenoxy) is 1. The maximum atomic E-state index is 11.0. The van der Waals surface area contributed by atoms with E-state index in [1.165, 1.54) is 7.11 Å². The Morgan fingerprint density at radius 2 is 2.13 bits per heavy atom. The van der Waals surface area contributed by atoms with Gasteiger partial charge in [-0.15, -0.1) is 11.3 Å². The second kappa shape index (κ2) is 3.55. The van der Waals surface area contributed by atoms with Gasteiger partial charge in [0.2, 0.25) is 0 Å². The van der Waals surface area contributed by atoms with E-state index >= 15 is 0 Å². The van der Waals surface area contributed by atoms with Crippen molar-refractivity contribution >= 4 is 27.4 Å². The predicted molar refractivity (Wildman–Crippen MR) is 60.1 cm³/mol. The zero-order chi connectivity index (χ0) is 11.0.